The summed E-state index contributed by atoms with van der Waals surface area (Å²) in [7, 11) is 0. The fourth-order valence-electron chi connectivity index (χ4n) is 3.05. The van der Waals surface area contributed by atoms with E-state index in [1.807, 2.05) is 0 Å². The molecule has 2 aliphatic heterocycles. The van der Waals surface area contributed by atoms with Crippen LogP contribution in [0, 0.1) is 0 Å². The predicted octanol–water partition coefficient (Wildman–Crippen LogP) is 1.10. The second kappa shape index (κ2) is 5.36. The van der Waals surface area contributed by atoms with Gasteiger partial charge < -0.3 is 14.6 Å². The number of nitrogens with one attached hydrogen (secondary N) is 1. The lowest BCUT2D eigenvalue weighted by Crippen LogP contribution is -2.35. The lowest BCUT2D eigenvalue weighted by Gasteiger charge is -2.18. The van der Waals surface area contributed by atoms with Gasteiger partial charge in [0.1, 0.15) is 11.6 Å². The normalized spacial score (nSPS) is 28.1. The zero-order chi connectivity index (χ0) is 12.4. The fourth-order valence-corrected chi connectivity index (χ4v) is 3.05. The van der Waals surface area contributed by atoms with Crippen molar-refractivity contribution in [1.82, 2.24) is 20.1 Å². The average Bonchev–Trinajstić information content (AvgIpc) is 2.91. The molecule has 0 spiro atoms. The van der Waals surface area contributed by atoms with Crippen molar-refractivity contribution < 1.29 is 4.74 Å². The molecule has 1 aromatic rings. The summed E-state index contributed by atoms with van der Waals surface area (Å²) in [6.07, 6.45) is 4.88. The van der Waals surface area contributed by atoms with Gasteiger partial charge in [0.05, 0.1) is 19.1 Å². The van der Waals surface area contributed by atoms with E-state index in [0.29, 0.717) is 12.0 Å². The van der Waals surface area contributed by atoms with Crippen molar-refractivity contribution >= 4 is 0 Å². The van der Waals surface area contributed by atoms with Gasteiger partial charge in [-0.15, -0.1) is 10.2 Å². The fraction of sp³-hybridized carbons (Fsp3) is 0.846. The van der Waals surface area contributed by atoms with Crippen LogP contribution in [0.3, 0.4) is 0 Å². The van der Waals surface area contributed by atoms with Crippen LogP contribution in [0.15, 0.2) is 0 Å². The van der Waals surface area contributed by atoms with Gasteiger partial charge in [-0.25, -0.2) is 0 Å². The molecular weight excluding hydrogens is 228 g/mol. The lowest BCUT2D eigenvalue weighted by atomic mass is 10.0. The largest absolute Gasteiger partial charge is 0.379 e. The summed E-state index contributed by atoms with van der Waals surface area (Å²) in [6, 6.07) is 0.395. The van der Waals surface area contributed by atoms with Crippen molar-refractivity contribution in [1.29, 1.82) is 0 Å². The van der Waals surface area contributed by atoms with Crippen molar-refractivity contribution in [3.63, 3.8) is 0 Å². The molecule has 5 nitrogen and oxygen atoms in total. The first-order valence-corrected chi connectivity index (χ1v) is 7.13. The lowest BCUT2D eigenvalue weighted by molar-refractivity contribution is 0.187. The Morgan fingerprint density at radius 3 is 3.11 bits per heavy atom. The van der Waals surface area contributed by atoms with Gasteiger partial charge >= 0.3 is 0 Å². The van der Waals surface area contributed by atoms with Gasteiger partial charge in [-0.05, 0) is 19.4 Å². The molecule has 0 bridgehead atoms. The minimum absolute atomic E-state index is 0.365. The molecule has 3 heterocycles. The van der Waals surface area contributed by atoms with E-state index < -0.39 is 0 Å². The molecule has 2 aliphatic rings. The number of hydrogen-bond donors (Lipinski definition) is 1. The SMILES string of the molecule is CCNC1COCC1c1nnc2n1CCCCC2. The number of fused-ring (bicyclic) bond motifs is 1. The molecule has 1 N–H and O–H groups in total. The minimum Gasteiger partial charge on any atom is -0.379 e. The standard InChI is InChI=1S/C13H22N4O/c1-2-14-11-9-18-8-10(11)13-16-15-12-6-4-3-5-7-17(12)13/h10-11,14H,2-9H2,1H3. The van der Waals surface area contributed by atoms with Crippen molar-refractivity contribution in [2.75, 3.05) is 19.8 Å². The minimum atomic E-state index is 0.365. The van der Waals surface area contributed by atoms with Crippen LogP contribution in [0.4, 0.5) is 0 Å². The second-order valence-corrected chi connectivity index (χ2v) is 5.24. The average molecular weight is 250 g/mol. The number of rotatable bonds is 3. The topological polar surface area (TPSA) is 52.0 Å². The van der Waals surface area contributed by atoms with E-state index >= 15 is 0 Å². The zero-order valence-corrected chi connectivity index (χ0v) is 11.1. The van der Waals surface area contributed by atoms with E-state index in [-0.39, 0.29) is 0 Å². The smallest absolute Gasteiger partial charge is 0.140 e. The molecule has 18 heavy (non-hydrogen) atoms. The van der Waals surface area contributed by atoms with Gasteiger partial charge in [-0.3, -0.25) is 0 Å². The maximum Gasteiger partial charge on any atom is 0.140 e. The number of likely N-dealkylation sites (N-methyl/N-ethyl adjacent to an activating group) is 1. The molecule has 1 saturated heterocycles. The van der Waals surface area contributed by atoms with E-state index in [4.69, 9.17) is 4.74 Å². The number of nitrogens with zero attached hydrogens (tertiary/aromatic N) is 3. The monoisotopic (exact) mass is 250 g/mol. The Morgan fingerprint density at radius 2 is 2.22 bits per heavy atom. The molecule has 0 aromatic carbocycles. The highest BCUT2D eigenvalue weighted by atomic mass is 16.5. The van der Waals surface area contributed by atoms with Gasteiger partial charge in [-0.1, -0.05) is 13.3 Å². The molecule has 1 aromatic heterocycles. The molecule has 5 heteroatoms. The van der Waals surface area contributed by atoms with Crippen LogP contribution < -0.4 is 5.32 Å². The second-order valence-electron chi connectivity index (χ2n) is 5.24. The van der Waals surface area contributed by atoms with Gasteiger partial charge in [0.25, 0.3) is 0 Å². The third-order valence-electron chi connectivity index (χ3n) is 4.02. The van der Waals surface area contributed by atoms with Gasteiger partial charge in [0.2, 0.25) is 0 Å². The van der Waals surface area contributed by atoms with E-state index in [0.717, 1.165) is 38.5 Å². The Kier molecular flexibility index (Phi) is 3.61. The summed E-state index contributed by atoms with van der Waals surface area (Å²) >= 11 is 0. The maximum absolute atomic E-state index is 5.62. The summed E-state index contributed by atoms with van der Waals surface area (Å²) in [5, 5.41) is 12.3. The summed E-state index contributed by atoms with van der Waals surface area (Å²) < 4.78 is 7.97. The van der Waals surface area contributed by atoms with Crippen LogP contribution in [0.5, 0.6) is 0 Å². The Bertz CT molecular complexity index is 404. The molecule has 0 radical (unpaired) electrons. The van der Waals surface area contributed by atoms with Crippen LogP contribution in [0.1, 0.15) is 43.8 Å². The van der Waals surface area contributed by atoms with Gasteiger partial charge in [0.15, 0.2) is 0 Å². The van der Waals surface area contributed by atoms with Crippen LogP contribution in [0.2, 0.25) is 0 Å². The van der Waals surface area contributed by atoms with Crippen LogP contribution in [0.25, 0.3) is 0 Å². The van der Waals surface area contributed by atoms with Crippen molar-refractivity contribution in [3.05, 3.63) is 11.6 Å². The van der Waals surface area contributed by atoms with Gasteiger partial charge in [0, 0.05) is 19.0 Å². The summed E-state index contributed by atoms with van der Waals surface area (Å²) in [5.74, 6) is 2.67. The van der Waals surface area contributed by atoms with Crippen LogP contribution in [-0.2, 0) is 17.7 Å². The Balaban J connectivity index is 1.85. The maximum atomic E-state index is 5.62. The highest BCUT2D eigenvalue weighted by molar-refractivity contribution is 5.09. The third kappa shape index (κ3) is 2.17. The Hall–Kier alpha value is -0.940. The van der Waals surface area contributed by atoms with E-state index in [2.05, 4.69) is 27.0 Å². The molecule has 0 aliphatic carbocycles. The first-order valence-electron chi connectivity index (χ1n) is 7.13. The number of aromatic nitrogens is 3. The van der Waals surface area contributed by atoms with Crippen LogP contribution in [-0.4, -0.2) is 40.6 Å². The first kappa shape index (κ1) is 12.1. The third-order valence-corrected chi connectivity index (χ3v) is 4.02. The molecule has 1 fully saturated rings. The Morgan fingerprint density at radius 1 is 1.28 bits per heavy atom. The number of hydrogen-bond acceptors (Lipinski definition) is 4. The molecule has 2 atom stereocenters. The predicted molar refractivity (Wildman–Crippen MR) is 68.6 cm³/mol. The highest BCUT2D eigenvalue weighted by Crippen LogP contribution is 2.26. The zero-order valence-electron chi connectivity index (χ0n) is 11.1. The molecular formula is C13H22N4O. The van der Waals surface area contributed by atoms with E-state index in [1.165, 1.54) is 25.1 Å². The quantitative estimate of drug-likeness (QED) is 0.872. The van der Waals surface area contributed by atoms with Crippen molar-refractivity contribution in [2.24, 2.45) is 0 Å². The van der Waals surface area contributed by atoms with E-state index in [1.54, 1.807) is 0 Å². The molecule has 2 unspecified atom stereocenters. The summed E-state index contributed by atoms with van der Waals surface area (Å²) in [5.41, 5.74) is 0. The number of aryl methyl sites for hydroxylation is 1. The van der Waals surface area contributed by atoms with Crippen LogP contribution >= 0.6 is 0 Å². The van der Waals surface area contributed by atoms with Crippen molar-refractivity contribution in [3.8, 4) is 0 Å². The van der Waals surface area contributed by atoms with E-state index in [9.17, 15) is 0 Å². The Labute approximate surface area is 108 Å². The van der Waals surface area contributed by atoms with Crippen molar-refractivity contribution in [2.45, 2.75) is 51.1 Å². The molecule has 0 saturated carbocycles. The molecule has 100 valence electrons. The first-order chi connectivity index (χ1) is 8.90. The summed E-state index contributed by atoms with van der Waals surface area (Å²) in [6.45, 7) is 5.76. The number of ether oxygens (including phenoxy) is 1. The van der Waals surface area contributed by atoms with Gasteiger partial charge in [-0.2, -0.15) is 0 Å². The molecule has 0 amide bonds. The summed E-state index contributed by atoms with van der Waals surface area (Å²) in [4.78, 5) is 0. The highest BCUT2D eigenvalue weighted by Gasteiger charge is 2.33. The molecule has 3 rings (SSSR count).